The number of aliphatic carboxylic acids is 3. The van der Waals surface area contributed by atoms with E-state index in [-0.39, 0.29) is 13.1 Å². The molecule has 2 fully saturated rings. The van der Waals surface area contributed by atoms with Gasteiger partial charge in [-0.05, 0) is 12.8 Å². The van der Waals surface area contributed by atoms with Crippen molar-refractivity contribution in [2.75, 3.05) is 19.6 Å². The highest BCUT2D eigenvalue weighted by Gasteiger charge is 2.30. The van der Waals surface area contributed by atoms with Crippen molar-refractivity contribution in [1.82, 2.24) is 10.4 Å². The first-order chi connectivity index (χ1) is 10.7. The number of β-amino-alcohol motifs (C(OH)–C–C–N with tert-alkyl or cyclic N) is 1. The first-order valence-electron chi connectivity index (χ1n) is 6.90. The molecule has 23 heavy (non-hydrogen) atoms. The van der Waals surface area contributed by atoms with Crippen molar-refractivity contribution >= 4 is 17.9 Å². The van der Waals surface area contributed by atoms with Crippen LogP contribution in [0.4, 0.5) is 4.48 Å². The quantitative estimate of drug-likeness (QED) is 0.323. The zero-order valence-electron chi connectivity index (χ0n) is 12.4. The molecule has 11 heteroatoms. The molecule has 0 aliphatic carbocycles. The molecule has 0 aromatic rings. The number of rotatable bonds is 3. The Morgan fingerprint density at radius 2 is 1.78 bits per heavy atom. The van der Waals surface area contributed by atoms with Crippen molar-refractivity contribution < 1.29 is 39.3 Å². The SMILES string of the molecule is NCC(=O)O.O=C(O)[C@@H]1CCCN1F.O=C(O)[C@@H]1C[C@@H](O)CN1. The highest BCUT2D eigenvalue weighted by Crippen LogP contribution is 2.16. The van der Waals surface area contributed by atoms with Crippen LogP contribution < -0.4 is 11.1 Å². The minimum Gasteiger partial charge on any atom is -0.480 e. The van der Waals surface area contributed by atoms with Gasteiger partial charge in [-0.25, -0.2) is 0 Å². The number of hydrogen-bond acceptors (Lipinski definition) is 7. The average molecular weight is 339 g/mol. The topological polar surface area (TPSA) is 173 Å². The van der Waals surface area contributed by atoms with Crippen molar-refractivity contribution in [2.24, 2.45) is 5.73 Å². The largest absolute Gasteiger partial charge is 0.480 e. The molecule has 2 rings (SSSR count). The van der Waals surface area contributed by atoms with Crippen molar-refractivity contribution in [3.63, 3.8) is 0 Å². The first-order valence-corrected chi connectivity index (χ1v) is 6.90. The molecule has 2 aliphatic rings. The molecule has 134 valence electrons. The third-order valence-electron chi connectivity index (χ3n) is 3.05. The lowest BCUT2D eigenvalue weighted by Gasteiger charge is -2.07. The molecular weight excluding hydrogens is 317 g/mol. The summed E-state index contributed by atoms with van der Waals surface area (Å²) in [4.78, 5) is 29.5. The number of carboxylic acids is 3. The number of hydrogen-bond donors (Lipinski definition) is 6. The summed E-state index contributed by atoms with van der Waals surface area (Å²) in [5.74, 6) is -2.91. The van der Waals surface area contributed by atoms with E-state index in [4.69, 9.17) is 20.4 Å². The van der Waals surface area contributed by atoms with Gasteiger partial charge in [-0.3, -0.25) is 14.4 Å². The lowest BCUT2D eigenvalue weighted by Crippen LogP contribution is -2.29. The summed E-state index contributed by atoms with van der Waals surface area (Å²) in [6.07, 6.45) is 0.931. The second kappa shape index (κ2) is 10.8. The first kappa shape index (κ1) is 21.2. The average Bonchev–Trinajstić information content (AvgIpc) is 3.08. The van der Waals surface area contributed by atoms with Gasteiger partial charge in [0.15, 0.2) is 0 Å². The van der Waals surface area contributed by atoms with Crippen molar-refractivity contribution in [2.45, 2.75) is 37.5 Å². The molecule has 10 nitrogen and oxygen atoms in total. The van der Waals surface area contributed by atoms with E-state index in [9.17, 15) is 18.9 Å². The Morgan fingerprint density at radius 1 is 1.22 bits per heavy atom. The summed E-state index contributed by atoms with van der Waals surface area (Å²) in [6, 6.07) is -1.43. The molecule has 2 heterocycles. The number of aliphatic hydroxyl groups is 1. The van der Waals surface area contributed by atoms with Gasteiger partial charge in [0.1, 0.15) is 12.1 Å². The van der Waals surface area contributed by atoms with Crippen LogP contribution in [0.5, 0.6) is 0 Å². The van der Waals surface area contributed by atoms with Crippen LogP contribution in [0.25, 0.3) is 0 Å². The number of carboxylic acid groups (broad SMARTS) is 3. The normalized spacial score (nSPS) is 26.5. The number of nitrogens with two attached hydrogens (primary N) is 1. The molecule has 3 atom stereocenters. The molecule has 0 aromatic heterocycles. The van der Waals surface area contributed by atoms with Gasteiger partial charge in [-0.2, -0.15) is 0 Å². The monoisotopic (exact) mass is 339 g/mol. The third kappa shape index (κ3) is 9.03. The van der Waals surface area contributed by atoms with Gasteiger partial charge in [-0.15, -0.1) is 9.60 Å². The van der Waals surface area contributed by atoms with Crippen molar-refractivity contribution in [3.8, 4) is 0 Å². The fourth-order valence-corrected chi connectivity index (χ4v) is 1.88. The van der Waals surface area contributed by atoms with Crippen LogP contribution in [0.3, 0.4) is 0 Å². The summed E-state index contributed by atoms with van der Waals surface area (Å²) < 4.78 is 12.3. The van der Waals surface area contributed by atoms with E-state index >= 15 is 0 Å². The molecule has 0 spiro atoms. The Hall–Kier alpha value is -1.82. The molecule has 2 saturated heterocycles. The Labute approximate surface area is 131 Å². The third-order valence-corrected chi connectivity index (χ3v) is 3.05. The van der Waals surface area contributed by atoms with Crippen LogP contribution in [0, 0.1) is 0 Å². The number of aliphatic hydroxyl groups excluding tert-OH is 1. The second-order valence-corrected chi connectivity index (χ2v) is 4.91. The smallest absolute Gasteiger partial charge is 0.323 e. The minimum absolute atomic E-state index is 0.261. The highest BCUT2D eigenvalue weighted by atomic mass is 19.2. The molecule has 0 bridgehead atoms. The summed E-state index contributed by atoms with van der Waals surface area (Å²) in [6.45, 7) is 0.383. The van der Waals surface area contributed by atoms with Gasteiger partial charge >= 0.3 is 17.9 Å². The fourth-order valence-electron chi connectivity index (χ4n) is 1.88. The molecule has 0 saturated carbocycles. The van der Waals surface area contributed by atoms with E-state index in [0.29, 0.717) is 30.9 Å². The minimum atomic E-state index is -1.06. The second-order valence-electron chi connectivity index (χ2n) is 4.91. The molecule has 0 amide bonds. The zero-order chi connectivity index (χ0) is 18.0. The van der Waals surface area contributed by atoms with E-state index in [0.717, 1.165) is 0 Å². The molecule has 2 aliphatic heterocycles. The van der Waals surface area contributed by atoms with Gasteiger partial charge in [0.05, 0.1) is 12.6 Å². The van der Waals surface area contributed by atoms with Crippen molar-refractivity contribution in [1.29, 1.82) is 0 Å². The fraction of sp³-hybridized carbons (Fsp3) is 0.750. The molecule has 0 radical (unpaired) electrons. The predicted octanol–water partition coefficient (Wildman–Crippen LogP) is -1.76. The number of nitrogens with zero attached hydrogens (tertiary/aromatic N) is 1. The van der Waals surface area contributed by atoms with Crippen LogP contribution >= 0.6 is 0 Å². The highest BCUT2D eigenvalue weighted by molar-refractivity contribution is 5.74. The number of carbonyl (C=O) groups is 3. The van der Waals surface area contributed by atoms with Gasteiger partial charge < -0.3 is 31.5 Å². The van der Waals surface area contributed by atoms with Gasteiger partial charge in [0.25, 0.3) is 0 Å². The molecule has 0 unspecified atom stereocenters. The zero-order valence-corrected chi connectivity index (χ0v) is 12.4. The summed E-state index contributed by atoms with van der Waals surface area (Å²) >= 11 is 0. The predicted molar refractivity (Wildman–Crippen MR) is 75.2 cm³/mol. The van der Waals surface area contributed by atoms with Crippen molar-refractivity contribution in [3.05, 3.63) is 0 Å². The lowest BCUT2D eigenvalue weighted by atomic mass is 10.2. The molecule has 0 aromatic carbocycles. The van der Waals surface area contributed by atoms with E-state index in [1.807, 2.05) is 0 Å². The van der Waals surface area contributed by atoms with E-state index < -0.39 is 36.1 Å². The number of halogens is 1. The summed E-state index contributed by atoms with van der Waals surface area (Å²) in [5.41, 5.74) is 4.57. The van der Waals surface area contributed by atoms with Crippen LogP contribution in [-0.4, -0.2) is 81.3 Å². The summed E-state index contributed by atoms with van der Waals surface area (Å²) in [5, 5.41) is 36.1. The van der Waals surface area contributed by atoms with Gasteiger partial charge in [0, 0.05) is 19.5 Å². The maximum Gasteiger partial charge on any atom is 0.323 e. The Balaban J connectivity index is 0.000000332. The Bertz CT molecular complexity index is 410. The van der Waals surface area contributed by atoms with E-state index in [1.165, 1.54) is 0 Å². The van der Waals surface area contributed by atoms with Crippen LogP contribution in [-0.2, 0) is 14.4 Å². The maximum absolute atomic E-state index is 12.3. The van der Waals surface area contributed by atoms with Crippen LogP contribution in [0.2, 0.25) is 0 Å². The Kier molecular flexibility index (Phi) is 9.97. The van der Waals surface area contributed by atoms with E-state index in [1.54, 1.807) is 0 Å². The van der Waals surface area contributed by atoms with Gasteiger partial charge in [0.2, 0.25) is 0 Å². The van der Waals surface area contributed by atoms with E-state index in [2.05, 4.69) is 11.1 Å². The summed E-state index contributed by atoms with van der Waals surface area (Å²) in [7, 11) is 0. The van der Waals surface area contributed by atoms with Crippen LogP contribution in [0.15, 0.2) is 0 Å². The van der Waals surface area contributed by atoms with Gasteiger partial charge in [-0.1, -0.05) is 0 Å². The number of nitrogens with one attached hydrogen (secondary N) is 1. The maximum atomic E-state index is 12.3. The van der Waals surface area contributed by atoms with Crippen LogP contribution in [0.1, 0.15) is 19.3 Å². The lowest BCUT2D eigenvalue weighted by molar-refractivity contribution is -0.148. The molecule has 7 N–H and O–H groups in total. The standard InChI is InChI=1S/C5H8FNO2.C5H9NO3.C2H5NO2/c6-7-3-1-2-4(7)5(8)9;7-3-1-4(5(8)9)6-2-3;3-1-2(4)5/h4H,1-3H2,(H,8,9);3-4,6-7H,1-2H2,(H,8,9);1,3H2,(H,4,5)/t4-;3-,4+;/m01./s1. The molecular formula is C12H22FN3O7. The Morgan fingerprint density at radius 3 is 1.96 bits per heavy atom.